The SMILES string of the molecule is OB(O)c1ccc(O)c(-c2nc3ccccc3[nH]2)c1. The van der Waals surface area contributed by atoms with Crippen molar-refractivity contribution in [3.8, 4) is 17.1 Å². The summed E-state index contributed by atoms with van der Waals surface area (Å²) >= 11 is 0. The summed E-state index contributed by atoms with van der Waals surface area (Å²) in [5.74, 6) is 0.518. The number of imidazole rings is 1. The summed E-state index contributed by atoms with van der Waals surface area (Å²) < 4.78 is 0. The lowest BCUT2D eigenvalue weighted by molar-refractivity contribution is 0.425. The smallest absolute Gasteiger partial charge is 0.488 e. The van der Waals surface area contributed by atoms with Gasteiger partial charge in [0, 0.05) is 0 Å². The third-order valence-electron chi connectivity index (χ3n) is 2.96. The number of phenols is 1. The third-order valence-corrected chi connectivity index (χ3v) is 2.96. The number of nitrogens with zero attached hydrogens (tertiary/aromatic N) is 1. The predicted molar refractivity (Wildman–Crippen MR) is 73.0 cm³/mol. The molecular weight excluding hydrogens is 243 g/mol. The van der Waals surface area contributed by atoms with Gasteiger partial charge >= 0.3 is 7.12 Å². The van der Waals surface area contributed by atoms with Gasteiger partial charge in [0.25, 0.3) is 0 Å². The van der Waals surface area contributed by atoms with E-state index in [2.05, 4.69) is 9.97 Å². The maximum Gasteiger partial charge on any atom is 0.488 e. The zero-order valence-corrected chi connectivity index (χ0v) is 9.91. The summed E-state index contributed by atoms with van der Waals surface area (Å²) in [5.41, 5.74) is 2.37. The highest BCUT2D eigenvalue weighted by Gasteiger charge is 2.16. The molecule has 6 heteroatoms. The van der Waals surface area contributed by atoms with Crippen LogP contribution in [-0.4, -0.2) is 32.2 Å². The van der Waals surface area contributed by atoms with Gasteiger partial charge < -0.3 is 20.1 Å². The van der Waals surface area contributed by atoms with Crippen molar-refractivity contribution in [2.45, 2.75) is 0 Å². The number of aromatic hydroxyl groups is 1. The second-order valence-corrected chi connectivity index (χ2v) is 4.25. The first-order chi connectivity index (χ1) is 9.15. The van der Waals surface area contributed by atoms with Crippen molar-refractivity contribution in [3.63, 3.8) is 0 Å². The van der Waals surface area contributed by atoms with Crippen molar-refractivity contribution in [1.29, 1.82) is 0 Å². The fourth-order valence-corrected chi connectivity index (χ4v) is 1.98. The first-order valence-corrected chi connectivity index (χ1v) is 5.79. The summed E-state index contributed by atoms with van der Waals surface area (Å²) in [6.07, 6.45) is 0. The second kappa shape index (κ2) is 4.42. The number of nitrogens with one attached hydrogen (secondary N) is 1. The highest BCUT2D eigenvalue weighted by molar-refractivity contribution is 6.58. The molecule has 5 nitrogen and oxygen atoms in total. The number of hydrogen-bond donors (Lipinski definition) is 4. The van der Waals surface area contributed by atoms with E-state index in [0.717, 1.165) is 11.0 Å². The fourth-order valence-electron chi connectivity index (χ4n) is 1.98. The zero-order chi connectivity index (χ0) is 13.4. The molecule has 0 saturated carbocycles. The van der Waals surface area contributed by atoms with E-state index in [4.69, 9.17) is 10.0 Å². The maximum absolute atomic E-state index is 9.87. The molecule has 1 aromatic heterocycles. The molecule has 3 rings (SSSR count). The van der Waals surface area contributed by atoms with Crippen LogP contribution in [0.2, 0.25) is 0 Å². The van der Waals surface area contributed by atoms with Crippen LogP contribution in [0.3, 0.4) is 0 Å². The van der Waals surface area contributed by atoms with Crippen molar-refractivity contribution in [2.75, 3.05) is 0 Å². The molecule has 0 saturated heterocycles. The molecular formula is C13H11BN2O3. The molecule has 0 amide bonds. The van der Waals surface area contributed by atoms with Crippen molar-refractivity contribution >= 4 is 23.6 Å². The maximum atomic E-state index is 9.87. The van der Waals surface area contributed by atoms with Crippen molar-refractivity contribution < 1.29 is 15.2 Å². The largest absolute Gasteiger partial charge is 0.507 e. The lowest BCUT2D eigenvalue weighted by Gasteiger charge is -2.04. The first-order valence-electron chi connectivity index (χ1n) is 5.79. The Morgan fingerprint density at radius 3 is 2.58 bits per heavy atom. The number of fused-ring (bicyclic) bond motifs is 1. The van der Waals surface area contributed by atoms with Gasteiger partial charge in [-0.1, -0.05) is 18.2 Å². The molecule has 0 aliphatic carbocycles. The van der Waals surface area contributed by atoms with Crippen LogP contribution in [0.5, 0.6) is 5.75 Å². The first kappa shape index (κ1) is 11.8. The van der Waals surface area contributed by atoms with E-state index in [1.54, 1.807) is 0 Å². The molecule has 0 unspecified atom stereocenters. The Kier molecular flexibility index (Phi) is 2.74. The Morgan fingerprint density at radius 1 is 1.05 bits per heavy atom. The second-order valence-electron chi connectivity index (χ2n) is 4.25. The van der Waals surface area contributed by atoms with E-state index in [0.29, 0.717) is 16.9 Å². The molecule has 4 N–H and O–H groups in total. The van der Waals surface area contributed by atoms with Crippen molar-refractivity contribution in [3.05, 3.63) is 42.5 Å². The van der Waals surface area contributed by atoms with Crippen molar-refractivity contribution in [2.24, 2.45) is 0 Å². The zero-order valence-electron chi connectivity index (χ0n) is 9.91. The lowest BCUT2D eigenvalue weighted by atomic mass is 9.79. The van der Waals surface area contributed by atoms with Gasteiger partial charge in [0.05, 0.1) is 16.6 Å². The van der Waals surface area contributed by atoms with E-state index in [1.807, 2.05) is 24.3 Å². The van der Waals surface area contributed by atoms with Crippen LogP contribution in [-0.2, 0) is 0 Å². The van der Waals surface area contributed by atoms with Gasteiger partial charge in [0.15, 0.2) is 0 Å². The normalized spacial score (nSPS) is 10.8. The molecule has 0 bridgehead atoms. The van der Waals surface area contributed by atoms with Gasteiger partial charge in [-0.15, -0.1) is 0 Å². The number of benzene rings is 2. The van der Waals surface area contributed by atoms with Gasteiger partial charge in [0.1, 0.15) is 11.6 Å². The molecule has 1 heterocycles. The molecule has 3 aromatic rings. The summed E-state index contributed by atoms with van der Waals surface area (Å²) in [4.78, 5) is 7.45. The molecule has 0 atom stereocenters. The summed E-state index contributed by atoms with van der Waals surface area (Å²) in [5, 5.41) is 28.2. The van der Waals surface area contributed by atoms with E-state index in [9.17, 15) is 5.11 Å². The number of rotatable bonds is 2. The minimum absolute atomic E-state index is 0.0310. The molecule has 19 heavy (non-hydrogen) atoms. The van der Waals surface area contributed by atoms with Crippen LogP contribution in [0, 0.1) is 0 Å². The monoisotopic (exact) mass is 254 g/mol. The number of phenolic OH excluding ortho intramolecular Hbond substituents is 1. The van der Waals surface area contributed by atoms with E-state index in [-0.39, 0.29) is 5.75 Å². The fraction of sp³-hybridized carbons (Fsp3) is 0. The third kappa shape index (κ3) is 2.07. The number of H-pyrrole nitrogens is 1. The quantitative estimate of drug-likeness (QED) is 0.504. The Labute approximate surface area is 109 Å². The summed E-state index contributed by atoms with van der Waals surface area (Å²) in [6, 6.07) is 11.9. The Hall–Kier alpha value is -2.31. The van der Waals surface area contributed by atoms with Crippen LogP contribution in [0.15, 0.2) is 42.5 Å². The minimum Gasteiger partial charge on any atom is -0.507 e. The molecule has 0 radical (unpaired) electrons. The van der Waals surface area contributed by atoms with E-state index >= 15 is 0 Å². The van der Waals surface area contributed by atoms with Gasteiger partial charge in [-0.25, -0.2) is 4.98 Å². The van der Waals surface area contributed by atoms with Crippen LogP contribution >= 0.6 is 0 Å². The molecule has 0 aliphatic rings. The lowest BCUT2D eigenvalue weighted by Crippen LogP contribution is -2.29. The highest BCUT2D eigenvalue weighted by Crippen LogP contribution is 2.27. The van der Waals surface area contributed by atoms with Crippen LogP contribution in [0.1, 0.15) is 0 Å². The topological polar surface area (TPSA) is 89.4 Å². The Morgan fingerprint density at radius 2 is 1.84 bits per heavy atom. The number of para-hydroxylation sites is 2. The van der Waals surface area contributed by atoms with Crippen LogP contribution in [0.25, 0.3) is 22.4 Å². The van der Waals surface area contributed by atoms with Crippen molar-refractivity contribution in [1.82, 2.24) is 9.97 Å². The van der Waals surface area contributed by atoms with Gasteiger partial charge in [-0.05, 0) is 29.7 Å². The molecule has 94 valence electrons. The highest BCUT2D eigenvalue weighted by atomic mass is 16.4. The molecule has 0 fully saturated rings. The summed E-state index contributed by atoms with van der Waals surface area (Å²) in [7, 11) is -1.58. The van der Waals surface area contributed by atoms with Gasteiger partial charge in [0.2, 0.25) is 0 Å². The van der Waals surface area contributed by atoms with Gasteiger partial charge in [-0.3, -0.25) is 0 Å². The van der Waals surface area contributed by atoms with E-state index in [1.165, 1.54) is 18.2 Å². The predicted octanol–water partition coefficient (Wildman–Crippen LogP) is 0.615. The molecule has 2 aromatic carbocycles. The average Bonchev–Trinajstić information content (AvgIpc) is 2.82. The standard InChI is InChI=1S/C13H11BN2O3/c17-12-6-5-8(14(18)19)7-9(12)13-15-10-3-1-2-4-11(10)16-13/h1-7,17-19H,(H,15,16). The molecule has 0 aliphatic heterocycles. The van der Waals surface area contributed by atoms with Crippen LogP contribution in [0.4, 0.5) is 0 Å². The van der Waals surface area contributed by atoms with E-state index < -0.39 is 7.12 Å². The molecule has 0 spiro atoms. The number of hydrogen-bond acceptors (Lipinski definition) is 4. The number of aromatic amines is 1. The Balaban J connectivity index is 2.17. The minimum atomic E-state index is -1.58. The Bertz CT molecular complexity index is 707. The summed E-state index contributed by atoms with van der Waals surface area (Å²) in [6.45, 7) is 0. The average molecular weight is 254 g/mol. The van der Waals surface area contributed by atoms with Crippen LogP contribution < -0.4 is 5.46 Å². The number of aromatic nitrogens is 2. The van der Waals surface area contributed by atoms with Gasteiger partial charge in [-0.2, -0.15) is 0 Å².